The van der Waals surface area contributed by atoms with Crippen molar-refractivity contribution in [3.63, 3.8) is 0 Å². The second-order valence-corrected chi connectivity index (χ2v) is 8.09. The van der Waals surface area contributed by atoms with Gasteiger partial charge in [-0.3, -0.25) is 5.01 Å². The number of pyridine rings is 1. The number of thioether (sulfide) groups is 2. The maximum atomic E-state index is 12.2. The van der Waals surface area contributed by atoms with Crippen LogP contribution in [0.15, 0.2) is 46.0 Å². The Morgan fingerprint density at radius 1 is 1.28 bits per heavy atom. The first-order valence-electron chi connectivity index (χ1n) is 8.54. The zero-order valence-corrected chi connectivity index (χ0v) is 17.8. The predicted molar refractivity (Wildman–Crippen MR) is 119 cm³/mol. The highest BCUT2D eigenvalue weighted by Crippen LogP contribution is 2.31. The lowest BCUT2D eigenvalue weighted by Crippen LogP contribution is -2.49. The molecule has 3 rings (SSSR count). The third-order valence-corrected chi connectivity index (χ3v) is 6.16. The highest BCUT2D eigenvalue weighted by Gasteiger charge is 2.19. The van der Waals surface area contributed by atoms with Crippen molar-refractivity contribution in [2.45, 2.75) is 12.7 Å². The van der Waals surface area contributed by atoms with Crippen molar-refractivity contribution in [1.29, 1.82) is 0 Å². The summed E-state index contributed by atoms with van der Waals surface area (Å²) >= 11 is 3.02. The van der Waals surface area contributed by atoms with Crippen molar-refractivity contribution in [3.8, 4) is 0 Å². The smallest absolute Gasteiger partial charge is 0.334 e. The average molecular weight is 432 g/mol. The van der Waals surface area contributed by atoms with Gasteiger partial charge in [0.05, 0.1) is 11.1 Å². The number of fused-ring (bicyclic) bond motifs is 1. The fraction of sp³-hybridized carbons (Fsp3) is 0.222. The maximum absolute atomic E-state index is 12.2. The number of hydrogen-bond donors (Lipinski definition) is 2. The summed E-state index contributed by atoms with van der Waals surface area (Å²) in [5, 5.41) is 6.74. The van der Waals surface area contributed by atoms with Crippen LogP contribution in [0.3, 0.4) is 0 Å². The summed E-state index contributed by atoms with van der Waals surface area (Å²) in [5.41, 5.74) is 2.97. The molecule has 2 aromatic heterocycles. The molecule has 0 bridgehead atoms. The highest BCUT2D eigenvalue weighted by molar-refractivity contribution is 8.38. The Bertz CT molecular complexity index is 1050. The zero-order valence-electron chi connectivity index (χ0n) is 16.2. The molecule has 0 spiro atoms. The fourth-order valence-electron chi connectivity index (χ4n) is 2.58. The molecule has 29 heavy (non-hydrogen) atoms. The average Bonchev–Trinajstić information content (AvgIpc) is 3.13. The number of aliphatic imine (C=N–C) groups is 1. The van der Waals surface area contributed by atoms with Gasteiger partial charge in [0.15, 0.2) is 0 Å². The van der Waals surface area contributed by atoms with E-state index in [1.807, 2.05) is 37.4 Å². The number of hydrazine groups is 2. The molecule has 1 aromatic carbocycles. The van der Waals surface area contributed by atoms with E-state index in [-0.39, 0.29) is 0 Å². The van der Waals surface area contributed by atoms with Crippen molar-refractivity contribution in [3.05, 3.63) is 47.7 Å². The van der Waals surface area contributed by atoms with Gasteiger partial charge < -0.3 is 4.52 Å². The van der Waals surface area contributed by atoms with Crippen LogP contribution in [0, 0.1) is 6.92 Å². The lowest BCUT2D eigenvalue weighted by molar-refractivity contribution is 0.216. The third kappa shape index (κ3) is 4.70. The molecule has 0 aliphatic carbocycles. The van der Waals surface area contributed by atoms with Gasteiger partial charge in [-0.2, -0.15) is 0 Å². The van der Waals surface area contributed by atoms with E-state index in [0.717, 1.165) is 30.9 Å². The first-order chi connectivity index (χ1) is 13.9. The Balaban J connectivity index is 1.85. The Morgan fingerprint density at radius 3 is 2.79 bits per heavy atom. The van der Waals surface area contributed by atoms with Crippen LogP contribution in [0.2, 0.25) is 0 Å². The SMILES string of the molecule is CSC(=Nc1noc2ncccc12)SCc1c(C)cccc1N(N)C(=O)N(C)N. The van der Waals surface area contributed by atoms with Crippen molar-refractivity contribution in [1.82, 2.24) is 15.1 Å². The number of hydrogen-bond acceptors (Lipinski definition) is 9. The number of benzene rings is 1. The number of nitrogens with two attached hydrogens (primary N) is 2. The minimum Gasteiger partial charge on any atom is -0.334 e. The lowest BCUT2D eigenvalue weighted by Gasteiger charge is -2.24. The fourth-order valence-corrected chi connectivity index (χ4v) is 4.20. The quantitative estimate of drug-likeness (QED) is 0.211. The summed E-state index contributed by atoms with van der Waals surface area (Å²) in [4.78, 5) is 20.9. The number of urea groups is 1. The molecule has 2 amide bonds. The number of aromatic nitrogens is 2. The molecule has 11 heteroatoms. The molecular weight excluding hydrogens is 410 g/mol. The number of carbonyl (C=O) groups is 1. The standard InChI is InChI=1S/C18H21N7O2S2/c1-11-6-4-8-14(25(20)18(26)24(2)19)13(11)10-29-17(28-3)22-15-12-7-5-9-21-16(12)27-23-15/h4-9H,10,19-20H2,1-3H3. The molecule has 0 fully saturated rings. The summed E-state index contributed by atoms with van der Waals surface area (Å²) in [6.07, 6.45) is 3.58. The van der Waals surface area contributed by atoms with Gasteiger partial charge in [0.25, 0.3) is 5.71 Å². The first-order valence-corrected chi connectivity index (χ1v) is 10.7. The molecule has 152 valence electrons. The van der Waals surface area contributed by atoms with Crippen LogP contribution in [0.25, 0.3) is 11.1 Å². The lowest BCUT2D eigenvalue weighted by atomic mass is 10.1. The normalized spacial score (nSPS) is 11.7. The minimum atomic E-state index is -0.512. The number of amides is 2. The van der Waals surface area contributed by atoms with Crippen molar-refractivity contribution in [2.24, 2.45) is 16.7 Å². The second-order valence-electron chi connectivity index (χ2n) is 6.07. The van der Waals surface area contributed by atoms with Crippen LogP contribution in [0.4, 0.5) is 16.3 Å². The minimum absolute atomic E-state index is 0.445. The van der Waals surface area contributed by atoms with Crippen LogP contribution in [-0.2, 0) is 5.75 Å². The van der Waals surface area contributed by atoms with E-state index < -0.39 is 6.03 Å². The van der Waals surface area contributed by atoms with Gasteiger partial charge in [-0.15, -0.1) is 11.8 Å². The molecule has 0 aliphatic heterocycles. The van der Waals surface area contributed by atoms with Gasteiger partial charge in [-0.05, 0) is 42.5 Å². The third-order valence-electron chi connectivity index (χ3n) is 4.10. The molecule has 0 saturated carbocycles. The summed E-state index contributed by atoms with van der Waals surface area (Å²) in [6, 6.07) is 8.77. The van der Waals surface area contributed by atoms with Crippen LogP contribution < -0.4 is 16.7 Å². The number of anilines is 1. The van der Waals surface area contributed by atoms with Crippen LogP contribution in [-0.4, -0.2) is 38.9 Å². The Labute approximate surface area is 176 Å². The summed E-state index contributed by atoms with van der Waals surface area (Å²) in [6.45, 7) is 1.97. The molecule has 0 atom stereocenters. The largest absolute Gasteiger partial charge is 0.352 e. The van der Waals surface area contributed by atoms with Gasteiger partial charge in [0.2, 0.25) is 5.82 Å². The Morgan fingerprint density at radius 2 is 2.07 bits per heavy atom. The Hall–Kier alpha value is -2.60. The maximum Gasteiger partial charge on any atom is 0.352 e. The topological polar surface area (TPSA) is 127 Å². The first kappa shape index (κ1) is 21.1. The zero-order chi connectivity index (χ0) is 21.0. The van der Waals surface area contributed by atoms with E-state index in [9.17, 15) is 4.79 Å². The molecule has 4 N–H and O–H groups in total. The predicted octanol–water partition coefficient (Wildman–Crippen LogP) is 3.42. The second kappa shape index (κ2) is 9.27. The van der Waals surface area contributed by atoms with Crippen LogP contribution >= 0.6 is 23.5 Å². The van der Waals surface area contributed by atoms with Crippen molar-refractivity contribution >= 4 is 56.5 Å². The molecule has 3 aromatic rings. The van der Waals surface area contributed by atoms with E-state index in [2.05, 4.69) is 15.1 Å². The van der Waals surface area contributed by atoms with Gasteiger partial charge in [0.1, 0.15) is 4.38 Å². The number of nitrogens with zero attached hydrogens (tertiary/aromatic N) is 5. The molecular formula is C18H21N7O2S2. The van der Waals surface area contributed by atoms with Crippen molar-refractivity contribution in [2.75, 3.05) is 18.3 Å². The van der Waals surface area contributed by atoms with Crippen LogP contribution in [0.1, 0.15) is 11.1 Å². The van der Waals surface area contributed by atoms with Gasteiger partial charge >= 0.3 is 6.03 Å². The highest BCUT2D eigenvalue weighted by atomic mass is 32.2. The van der Waals surface area contributed by atoms with E-state index in [0.29, 0.717) is 23.0 Å². The van der Waals surface area contributed by atoms with Gasteiger partial charge in [-0.25, -0.2) is 31.5 Å². The van der Waals surface area contributed by atoms with E-state index in [1.54, 1.807) is 12.3 Å². The van der Waals surface area contributed by atoms with Crippen molar-refractivity contribution < 1.29 is 9.32 Å². The molecule has 0 radical (unpaired) electrons. The number of rotatable bonds is 4. The van der Waals surface area contributed by atoms with Gasteiger partial charge in [-0.1, -0.05) is 29.1 Å². The van der Waals surface area contributed by atoms with E-state index in [1.165, 1.54) is 30.6 Å². The number of carbonyl (C=O) groups excluding carboxylic acids is 1. The Kier molecular flexibility index (Phi) is 6.75. The molecule has 9 nitrogen and oxygen atoms in total. The molecule has 2 heterocycles. The summed E-state index contributed by atoms with van der Waals surface area (Å²) in [5.74, 6) is 12.6. The monoisotopic (exact) mass is 431 g/mol. The number of aryl methyl sites for hydroxylation is 1. The van der Waals surface area contributed by atoms with E-state index in [4.69, 9.17) is 16.2 Å². The van der Waals surface area contributed by atoms with E-state index >= 15 is 0 Å². The summed E-state index contributed by atoms with van der Waals surface area (Å²) < 4.78 is 6.01. The van der Waals surface area contributed by atoms with Crippen LogP contribution in [0.5, 0.6) is 0 Å². The summed E-state index contributed by atoms with van der Waals surface area (Å²) in [7, 11) is 1.45. The molecule has 0 saturated heterocycles. The molecule has 0 aliphatic rings. The van der Waals surface area contributed by atoms with Gasteiger partial charge in [0, 0.05) is 19.0 Å². The molecule has 0 unspecified atom stereocenters.